The Morgan fingerprint density at radius 2 is 1.74 bits per heavy atom. The summed E-state index contributed by atoms with van der Waals surface area (Å²) < 4.78 is 28.2. The van der Waals surface area contributed by atoms with Gasteiger partial charge in [-0.2, -0.15) is 0 Å². The van der Waals surface area contributed by atoms with Gasteiger partial charge >= 0.3 is 0 Å². The highest BCUT2D eigenvalue weighted by atomic mass is 79.9. The molecule has 2 amide bonds. The van der Waals surface area contributed by atoms with Crippen LogP contribution in [0.3, 0.4) is 0 Å². The van der Waals surface area contributed by atoms with E-state index in [-0.39, 0.29) is 22.5 Å². The van der Waals surface area contributed by atoms with Crippen molar-refractivity contribution in [3.05, 3.63) is 47.0 Å². The highest BCUT2D eigenvalue weighted by molar-refractivity contribution is 9.12. The van der Waals surface area contributed by atoms with Gasteiger partial charge in [0, 0.05) is 49.7 Å². The zero-order chi connectivity index (χ0) is 19.8. The monoisotopic (exact) mass is 451 g/mol. The average molecular weight is 452 g/mol. The minimum Gasteiger partial charge on any atom is -0.377 e. The number of hydrogen-bond acceptors (Lipinski definition) is 5. The summed E-state index contributed by atoms with van der Waals surface area (Å²) in [4.78, 5) is 26.6. The van der Waals surface area contributed by atoms with Crippen LogP contribution in [0.15, 0.2) is 51.9 Å². The Bertz CT molecular complexity index is 1060. The Morgan fingerprint density at radius 1 is 1.07 bits per heavy atom. The molecule has 0 bridgehead atoms. The molecule has 1 aliphatic rings. The molecule has 0 aliphatic carbocycles. The molecule has 1 heterocycles. The first-order valence-corrected chi connectivity index (χ1v) is 10.4. The number of nitrogens with one attached hydrogen (secondary N) is 1. The van der Waals surface area contributed by atoms with Gasteiger partial charge in [-0.1, -0.05) is 24.3 Å². The van der Waals surface area contributed by atoms with Crippen LogP contribution in [0.25, 0.3) is 10.8 Å². The SMILES string of the molecule is CN(C)c1cccc2c(S(=O)(=O)NCCN3C(=O)C=C(Br)C3=O)cccc12. The fourth-order valence-corrected chi connectivity index (χ4v) is 4.60. The number of carbonyl (C=O) groups is 2. The van der Waals surface area contributed by atoms with Crippen molar-refractivity contribution in [1.82, 2.24) is 9.62 Å². The molecule has 0 saturated heterocycles. The van der Waals surface area contributed by atoms with Gasteiger partial charge in [0.05, 0.1) is 9.38 Å². The number of rotatable bonds is 6. The molecule has 2 aromatic carbocycles. The molecule has 2 aromatic rings. The standard InChI is InChI=1S/C18H18BrN3O4S/c1-21(2)15-7-3-6-13-12(15)5-4-8-16(13)27(25,26)20-9-10-22-17(23)11-14(19)18(22)24/h3-8,11,20H,9-10H2,1-2H3. The molecule has 27 heavy (non-hydrogen) atoms. The van der Waals surface area contributed by atoms with Crippen LogP contribution in [0.4, 0.5) is 5.69 Å². The quantitative estimate of drug-likeness (QED) is 0.676. The molecule has 0 spiro atoms. The van der Waals surface area contributed by atoms with Crippen LogP contribution in [0, 0.1) is 0 Å². The predicted octanol–water partition coefficient (Wildman–Crippen LogP) is 1.83. The van der Waals surface area contributed by atoms with E-state index in [1.807, 2.05) is 31.1 Å². The van der Waals surface area contributed by atoms with Crippen molar-refractivity contribution in [2.75, 3.05) is 32.1 Å². The minimum atomic E-state index is -3.82. The molecule has 3 rings (SSSR count). The topological polar surface area (TPSA) is 86.8 Å². The van der Waals surface area contributed by atoms with Gasteiger partial charge < -0.3 is 4.90 Å². The molecule has 0 fully saturated rings. The Kier molecular flexibility index (Phi) is 5.36. The number of amides is 2. The molecular formula is C18H18BrN3O4S. The van der Waals surface area contributed by atoms with Crippen molar-refractivity contribution in [3.63, 3.8) is 0 Å². The van der Waals surface area contributed by atoms with Crippen molar-refractivity contribution >= 4 is 54.2 Å². The summed E-state index contributed by atoms with van der Waals surface area (Å²) in [5.41, 5.74) is 0.911. The molecular weight excluding hydrogens is 434 g/mol. The van der Waals surface area contributed by atoms with Gasteiger partial charge in [0.15, 0.2) is 0 Å². The van der Waals surface area contributed by atoms with E-state index in [4.69, 9.17) is 0 Å². The number of nitrogens with zero attached hydrogens (tertiary/aromatic N) is 2. The summed E-state index contributed by atoms with van der Waals surface area (Å²) in [6, 6.07) is 10.6. The van der Waals surface area contributed by atoms with Crippen LogP contribution < -0.4 is 9.62 Å². The zero-order valence-corrected chi connectivity index (χ0v) is 17.2. The van der Waals surface area contributed by atoms with Crippen LogP contribution in [-0.4, -0.2) is 52.3 Å². The Labute approximate surface area is 165 Å². The first-order valence-electron chi connectivity index (χ1n) is 8.14. The van der Waals surface area contributed by atoms with Crippen LogP contribution in [0.2, 0.25) is 0 Å². The number of fused-ring (bicyclic) bond motifs is 1. The second-order valence-corrected chi connectivity index (χ2v) is 8.80. The van der Waals surface area contributed by atoms with Crippen LogP contribution in [0.5, 0.6) is 0 Å². The van der Waals surface area contributed by atoms with Gasteiger partial charge in [-0.15, -0.1) is 0 Å². The van der Waals surface area contributed by atoms with E-state index < -0.39 is 21.8 Å². The summed E-state index contributed by atoms with van der Waals surface area (Å²) in [6.07, 6.45) is 1.17. The number of benzene rings is 2. The molecule has 0 saturated carbocycles. The van der Waals surface area contributed by atoms with Gasteiger partial charge in [0.25, 0.3) is 11.8 Å². The summed E-state index contributed by atoms with van der Waals surface area (Å²) in [7, 11) is -0.0295. The summed E-state index contributed by atoms with van der Waals surface area (Å²) in [5, 5.41) is 1.43. The van der Waals surface area contributed by atoms with E-state index in [2.05, 4.69) is 20.7 Å². The van der Waals surface area contributed by atoms with Gasteiger partial charge in [-0.3, -0.25) is 14.5 Å². The fraction of sp³-hybridized carbons (Fsp3) is 0.222. The van der Waals surface area contributed by atoms with Gasteiger partial charge in [0.2, 0.25) is 10.0 Å². The van der Waals surface area contributed by atoms with Crippen LogP contribution in [-0.2, 0) is 19.6 Å². The summed E-state index contributed by atoms with van der Waals surface area (Å²) >= 11 is 3.00. The molecule has 0 atom stereocenters. The first kappa shape index (κ1) is 19.5. The Balaban J connectivity index is 1.83. The fourth-order valence-electron chi connectivity index (χ4n) is 2.95. The second kappa shape index (κ2) is 7.41. The van der Waals surface area contributed by atoms with Crippen LogP contribution >= 0.6 is 15.9 Å². The smallest absolute Gasteiger partial charge is 0.267 e. The van der Waals surface area contributed by atoms with E-state index in [1.165, 1.54) is 12.1 Å². The third kappa shape index (κ3) is 3.76. The number of anilines is 1. The normalized spacial score (nSPS) is 14.8. The lowest BCUT2D eigenvalue weighted by atomic mass is 10.1. The molecule has 0 unspecified atom stereocenters. The highest BCUT2D eigenvalue weighted by Gasteiger charge is 2.29. The van der Waals surface area contributed by atoms with Crippen molar-refractivity contribution < 1.29 is 18.0 Å². The molecule has 0 aromatic heterocycles. The zero-order valence-electron chi connectivity index (χ0n) is 14.8. The van der Waals surface area contributed by atoms with E-state index in [0.717, 1.165) is 16.0 Å². The number of hydrogen-bond donors (Lipinski definition) is 1. The lowest BCUT2D eigenvalue weighted by Crippen LogP contribution is -2.38. The highest BCUT2D eigenvalue weighted by Crippen LogP contribution is 2.30. The average Bonchev–Trinajstić information content (AvgIpc) is 2.86. The molecule has 9 heteroatoms. The minimum absolute atomic E-state index is 0.0454. The maximum Gasteiger partial charge on any atom is 0.267 e. The van der Waals surface area contributed by atoms with Crippen molar-refractivity contribution in [2.45, 2.75) is 4.90 Å². The van der Waals surface area contributed by atoms with E-state index in [0.29, 0.717) is 5.39 Å². The molecule has 142 valence electrons. The molecule has 1 aliphatic heterocycles. The summed E-state index contributed by atoms with van der Waals surface area (Å²) in [6.45, 7) is -0.117. The lowest BCUT2D eigenvalue weighted by Gasteiger charge is -2.18. The number of sulfonamides is 1. The van der Waals surface area contributed by atoms with Gasteiger partial charge in [-0.25, -0.2) is 13.1 Å². The second-order valence-electron chi connectivity index (χ2n) is 6.21. The van der Waals surface area contributed by atoms with E-state index >= 15 is 0 Å². The Hall–Kier alpha value is -2.23. The first-order chi connectivity index (χ1) is 12.7. The molecule has 7 nitrogen and oxygen atoms in total. The van der Waals surface area contributed by atoms with E-state index in [9.17, 15) is 18.0 Å². The Morgan fingerprint density at radius 3 is 2.37 bits per heavy atom. The predicted molar refractivity (Wildman–Crippen MR) is 107 cm³/mol. The number of imide groups is 1. The van der Waals surface area contributed by atoms with Crippen molar-refractivity contribution in [2.24, 2.45) is 0 Å². The third-order valence-corrected chi connectivity index (χ3v) is 6.31. The third-order valence-electron chi connectivity index (χ3n) is 4.22. The van der Waals surface area contributed by atoms with E-state index in [1.54, 1.807) is 18.2 Å². The molecule has 1 N–H and O–H groups in total. The number of halogens is 1. The summed E-state index contributed by atoms with van der Waals surface area (Å²) in [5.74, 6) is -0.938. The van der Waals surface area contributed by atoms with Crippen molar-refractivity contribution in [1.29, 1.82) is 0 Å². The lowest BCUT2D eigenvalue weighted by molar-refractivity contribution is -0.136. The maximum absolute atomic E-state index is 12.8. The van der Waals surface area contributed by atoms with Gasteiger partial charge in [0.1, 0.15) is 0 Å². The van der Waals surface area contributed by atoms with Crippen molar-refractivity contribution in [3.8, 4) is 0 Å². The largest absolute Gasteiger partial charge is 0.377 e. The maximum atomic E-state index is 12.8. The molecule has 0 radical (unpaired) electrons. The number of carbonyl (C=O) groups excluding carboxylic acids is 2. The van der Waals surface area contributed by atoms with Gasteiger partial charge in [-0.05, 0) is 28.1 Å². The van der Waals surface area contributed by atoms with Crippen LogP contribution in [0.1, 0.15) is 0 Å².